The molecule has 1 rings (SSSR count). The Labute approximate surface area is 80.4 Å². The normalized spacial score (nSPS) is 12.8. The first-order valence-electron chi connectivity index (χ1n) is 5.02. The number of hydrogen-bond donors (Lipinski definition) is 1. The first-order valence-corrected chi connectivity index (χ1v) is 5.02. The second-order valence-electron chi connectivity index (χ2n) is 3.39. The fraction of sp³-hybridized carbons (Fsp3) is 0.500. The molecule has 0 aliphatic carbocycles. The Kier molecular flexibility index (Phi) is 3.97. The van der Waals surface area contributed by atoms with Gasteiger partial charge in [0.2, 0.25) is 0 Å². The maximum absolute atomic E-state index is 9.53. The van der Waals surface area contributed by atoms with Crippen LogP contribution in [0.5, 0.6) is 0 Å². The Bertz CT molecular complexity index is 255. The molecule has 0 aliphatic rings. The smallest absolute Gasteiger partial charge is 0.0578 e. The van der Waals surface area contributed by atoms with Crippen molar-refractivity contribution in [3.8, 4) is 0 Å². The molecule has 13 heavy (non-hydrogen) atoms. The minimum Gasteiger partial charge on any atom is -0.393 e. The van der Waals surface area contributed by atoms with Gasteiger partial charge in [0, 0.05) is 0 Å². The average Bonchev–Trinajstić information content (AvgIpc) is 2.18. The summed E-state index contributed by atoms with van der Waals surface area (Å²) in [4.78, 5) is 0. The summed E-state index contributed by atoms with van der Waals surface area (Å²) < 4.78 is 0. The van der Waals surface area contributed by atoms with E-state index in [4.69, 9.17) is 0 Å². The van der Waals surface area contributed by atoms with Crippen LogP contribution in [0.25, 0.3) is 0 Å². The molecular formula is C12H18O. The van der Waals surface area contributed by atoms with Crippen LogP contribution in [0, 0.1) is 0 Å². The predicted octanol–water partition coefficient (Wildman–Crippen LogP) is 2.56. The van der Waals surface area contributed by atoms with Gasteiger partial charge < -0.3 is 5.11 Å². The molecule has 72 valence electrons. The monoisotopic (exact) mass is 178 g/mol. The molecule has 0 aliphatic heterocycles. The van der Waals surface area contributed by atoms with Crippen molar-refractivity contribution in [1.82, 2.24) is 0 Å². The van der Waals surface area contributed by atoms with Gasteiger partial charge in [0.1, 0.15) is 0 Å². The molecular weight excluding hydrogens is 160 g/mol. The van der Waals surface area contributed by atoms with Gasteiger partial charge in [0.05, 0.1) is 6.10 Å². The molecule has 0 saturated carbocycles. The quantitative estimate of drug-likeness (QED) is 0.751. The van der Waals surface area contributed by atoms with Gasteiger partial charge in [-0.3, -0.25) is 0 Å². The van der Waals surface area contributed by atoms with Gasteiger partial charge in [-0.15, -0.1) is 0 Å². The summed E-state index contributed by atoms with van der Waals surface area (Å²) >= 11 is 0. The fourth-order valence-electron chi connectivity index (χ4n) is 1.50. The molecule has 0 aromatic heterocycles. The molecule has 1 aromatic rings. The summed E-state index contributed by atoms with van der Waals surface area (Å²) in [5, 5.41) is 9.53. The fourth-order valence-corrected chi connectivity index (χ4v) is 1.50. The van der Waals surface area contributed by atoms with E-state index in [0.29, 0.717) is 0 Å². The van der Waals surface area contributed by atoms with Gasteiger partial charge >= 0.3 is 0 Å². The Morgan fingerprint density at radius 3 is 2.31 bits per heavy atom. The Morgan fingerprint density at radius 1 is 1.15 bits per heavy atom. The summed E-state index contributed by atoms with van der Waals surface area (Å²) in [6.45, 7) is 4.16. The lowest BCUT2D eigenvalue weighted by Gasteiger charge is -2.11. The Balaban J connectivity index is 2.74. The van der Waals surface area contributed by atoms with E-state index in [-0.39, 0.29) is 6.10 Å². The minimum absolute atomic E-state index is 0.187. The van der Waals surface area contributed by atoms with Crippen LogP contribution in [-0.4, -0.2) is 11.2 Å². The third kappa shape index (κ3) is 2.85. The molecule has 1 nitrogen and oxygen atoms in total. The first kappa shape index (κ1) is 10.3. The highest BCUT2D eigenvalue weighted by molar-refractivity contribution is 5.27. The highest BCUT2D eigenvalue weighted by Gasteiger charge is 2.05. The number of hydrogen-bond acceptors (Lipinski definition) is 1. The van der Waals surface area contributed by atoms with Gasteiger partial charge in [-0.05, 0) is 30.4 Å². The van der Waals surface area contributed by atoms with Gasteiger partial charge in [-0.2, -0.15) is 0 Å². The number of aliphatic hydroxyl groups is 1. The van der Waals surface area contributed by atoms with Crippen LogP contribution in [0.4, 0.5) is 0 Å². The third-order valence-electron chi connectivity index (χ3n) is 2.43. The van der Waals surface area contributed by atoms with Crippen molar-refractivity contribution in [2.45, 2.75) is 39.2 Å². The van der Waals surface area contributed by atoms with E-state index < -0.39 is 0 Å². The van der Waals surface area contributed by atoms with Crippen molar-refractivity contribution in [2.24, 2.45) is 0 Å². The van der Waals surface area contributed by atoms with Gasteiger partial charge in [-0.1, -0.05) is 38.1 Å². The first-order chi connectivity index (χ1) is 6.27. The van der Waals surface area contributed by atoms with E-state index in [9.17, 15) is 5.11 Å². The van der Waals surface area contributed by atoms with Crippen molar-refractivity contribution >= 4 is 0 Å². The third-order valence-corrected chi connectivity index (χ3v) is 2.43. The second kappa shape index (κ2) is 5.03. The lowest BCUT2D eigenvalue weighted by Crippen LogP contribution is -2.09. The van der Waals surface area contributed by atoms with Crippen LogP contribution >= 0.6 is 0 Å². The molecule has 0 unspecified atom stereocenters. The summed E-state index contributed by atoms with van der Waals surface area (Å²) in [5.41, 5.74) is 2.65. The lowest BCUT2D eigenvalue weighted by molar-refractivity contribution is 0.170. The topological polar surface area (TPSA) is 20.2 Å². The molecule has 1 aromatic carbocycles. The van der Waals surface area contributed by atoms with Crippen LogP contribution < -0.4 is 0 Å². The van der Waals surface area contributed by atoms with Crippen LogP contribution in [0.2, 0.25) is 0 Å². The summed E-state index contributed by atoms with van der Waals surface area (Å²) in [6, 6.07) is 8.34. The van der Waals surface area contributed by atoms with Crippen molar-refractivity contribution in [3.63, 3.8) is 0 Å². The number of rotatable bonds is 4. The summed E-state index contributed by atoms with van der Waals surface area (Å²) in [6.07, 6.45) is 2.48. The highest BCUT2D eigenvalue weighted by Crippen LogP contribution is 2.12. The van der Waals surface area contributed by atoms with E-state index in [2.05, 4.69) is 25.1 Å². The van der Waals surface area contributed by atoms with Crippen LogP contribution in [0.3, 0.4) is 0 Å². The minimum atomic E-state index is -0.187. The number of aryl methyl sites for hydroxylation is 1. The van der Waals surface area contributed by atoms with Crippen molar-refractivity contribution in [3.05, 3.63) is 35.4 Å². The summed E-state index contributed by atoms with van der Waals surface area (Å²) in [5.74, 6) is 0. The molecule has 1 heteroatoms. The van der Waals surface area contributed by atoms with E-state index >= 15 is 0 Å². The summed E-state index contributed by atoms with van der Waals surface area (Å²) in [7, 11) is 0. The molecule has 0 bridgehead atoms. The highest BCUT2D eigenvalue weighted by atomic mass is 16.3. The molecule has 0 radical (unpaired) electrons. The van der Waals surface area contributed by atoms with Crippen molar-refractivity contribution in [1.29, 1.82) is 0 Å². The Morgan fingerprint density at radius 2 is 1.77 bits per heavy atom. The average molecular weight is 178 g/mol. The van der Waals surface area contributed by atoms with Gasteiger partial charge in [-0.25, -0.2) is 0 Å². The van der Waals surface area contributed by atoms with Crippen molar-refractivity contribution < 1.29 is 5.11 Å². The maximum atomic E-state index is 9.53. The molecule has 1 atom stereocenters. The van der Waals surface area contributed by atoms with Crippen LogP contribution in [0.1, 0.15) is 31.4 Å². The zero-order valence-electron chi connectivity index (χ0n) is 8.46. The molecule has 0 spiro atoms. The molecule has 0 heterocycles. The molecule has 1 N–H and O–H groups in total. The van der Waals surface area contributed by atoms with Gasteiger partial charge in [0.25, 0.3) is 0 Å². The van der Waals surface area contributed by atoms with Crippen LogP contribution in [-0.2, 0) is 12.8 Å². The predicted molar refractivity (Wildman–Crippen MR) is 55.8 cm³/mol. The molecule has 0 amide bonds. The zero-order valence-corrected chi connectivity index (χ0v) is 8.46. The van der Waals surface area contributed by atoms with E-state index in [1.807, 2.05) is 13.0 Å². The van der Waals surface area contributed by atoms with Gasteiger partial charge in [0.15, 0.2) is 0 Å². The standard InChI is InChI=1S/C12H18O/c1-3-10-7-5-6-8-11(10)9-12(13)4-2/h5-8,12-13H,3-4,9H2,1-2H3/t12-/m1/s1. The lowest BCUT2D eigenvalue weighted by atomic mass is 9.99. The van der Waals surface area contributed by atoms with E-state index in [1.54, 1.807) is 0 Å². The SMILES string of the molecule is CCc1ccccc1C[C@H](O)CC. The van der Waals surface area contributed by atoms with Crippen molar-refractivity contribution in [2.75, 3.05) is 0 Å². The number of aliphatic hydroxyl groups excluding tert-OH is 1. The van der Waals surface area contributed by atoms with E-state index in [0.717, 1.165) is 19.3 Å². The second-order valence-corrected chi connectivity index (χ2v) is 3.39. The van der Waals surface area contributed by atoms with E-state index in [1.165, 1.54) is 11.1 Å². The maximum Gasteiger partial charge on any atom is 0.0578 e. The van der Waals surface area contributed by atoms with Crippen LogP contribution in [0.15, 0.2) is 24.3 Å². The number of benzene rings is 1. The largest absolute Gasteiger partial charge is 0.393 e. The Hall–Kier alpha value is -0.820. The molecule has 0 saturated heterocycles. The zero-order chi connectivity index (χ0) is 9.68. The molecule has 0 fully saturated rings.